The Kier molecular flexibility index (Phi) is 2.93. The summed E-state index contributed by atoms with van der Waals surface area (Å²) in [6.45, 7) is 1.43. The van der Waals surface area contributed by atoms with Crippen molar-refractivity contribution in [3.8, 4) is 17.0 Å². The molecule has 0 bridgehead atoms. The summed E-state index contributed by atoms with van der Waals surface area (Å²) in [5.41, 5.74) is -0.158. The summed E-state index contributed by atoms with van der Waals surface area (Å²) < 4.78 is 39.9. The number of hydrogen-bond acceptors (Lipinski definition) is 3. The van der Waals surface area contributed by atoms with Gasteiger partial charge in [0.15, 0.2) is 0 Å². The van der Waals surface area contributed by atoms with Crippen molar-refractivity contribution >= 4 is 0 Å². The summed E-state index contributed by atoms with van der Waals surface area (Å²) in [6.07, 6.45) is -2.92. The number of phenols is 1. The second-order valence-electron chi connectivity index (χ2n) is 4.70. The maximum absolute atomic E-state index is 12.8. The lowest BCUT2D eigenvalue weighted by Gasteiger charge is -2.29. The Hall–Kier alpha value is -2.02. The largest absolute Gasteiger partial charge is 0.507 e. The summed E-state index contributed by atoms with van der Waals surface area (Å²) in [5, 5.41) is 17.1. The Balaban J connectivity index is 2.07. The van der Waals surface area contributed by atoms with Gasteiger partial charge in [-0.2, -0.15) is 18.3 Å². The predicted molar refractivity (Wildman–Crippen MR) is 66.2 cm³/mol. The van der Waals surface area contributed by atoms with Crippen molar-refractivity contribution < 1.29 is 18.3 Å². The van der Waals surface area contributed by atoms with Crippen molar-refractivity contribution in [3.05, 3.63) is 36.0 Å². The zero-order valence-corrected chi connectivity index (χ0v) is 10.4. The standard InChI is InChI=1S/C13H12F3N3O/c14-13(15,16)8-1-2-12(20)10(5-8)11-3-4-18-19(11)9-6-17-7-9/h1-5,9,17,20H,6-7H2. The smallest absolute Gasteiger partial charge is 0.416 e. The molecule has 1 aromatic heterocycles. The van der Waals surface area contributed by atoms with Gasteiger partial charge in [0.2, 0.25) is 0 Å². The molecule has 0 spiro atoms. The number of nitrogens with zero attached hydrogens (tertiary/aromatic N) is 2. The first-order chi connectivity index (χ1) is 9.47. The van der Waals surface area contributed by atoms with Gasteiger partial charge >= 0.3 is 6.18 Å². The third-order valence-corrected chi connectivity index (χ3v) is 3.38. The fourth-order valence-electron chi connectivity index (χ4n) is 2.18. The van der Waals surface area contributed by atoms with E-state index in [1.807, 2.05) is 0 Å². The van der Waals surface area contributed by atoms with Crippen LogP contribution >= 0.6 is 0 Å². The molecule has 0 saturated carbocycles. The van der Waals surface area contributed by atoms with Gasteiger partial charge in [0.25, 0.3) is 0 Å². The van der Waals surface area contributed by atoms with Crippen molar-refractivity contribution in [2.24, 2.45) is 0 Å². The van der Waals surface area contributed by atoms with Gasteiger partial charge < -0.3 is 10.4 Å². The molecule has 2 heterocycles. The number of aromatic hydroxyl groups is 1. The molecular formula is C13H12F3N3O. The number of benzene rings is 1. The zero-order valence-electron chi connectivity index (χ0n) is 10.4. The lowest BCUT2D eigenvalue weighted by atomic mass is 10.1. The Morgan fingerprint density at radius 1 is 1.25 bits per heavy atom. The van der Waals surface area contributed by atoms with Crippen LogP contribution in [0.15, 0.2) is 30.5 Å². The molecule has 1 aromatic carbocycles. The van der Waals surface area contributed by atoms with Gasteiger partial charge in [0.05, 0.1) is 17.3 Å². The van der Waals surface area contributed by atoms with Crippen LogP contribution in [0.25, 0.3) is 11.3 Å². The van der Waals surface area contributed by atoms with Crippen LogP contribution in [0.5, 0.6) is 5.75 Å². The maximum atomic E-state index is 12.8. The van der Waals surface area contributed by atoms with Crippen LogP contribution < -0.4 is 5.32 Å². The number of nitrogens with one attached hydrogen (secondary N) is 1. The average Bonchev–Trinajstić information content (AvgIpc) is 2.74. The van der Waals surface area contributed by atoms with Crippen molar-refractivity contribution in [2.45, 2.75) is 12.2 Å². The number of phenolic OH excluding ortho intramolecular Hbond substituents is 1. The minimum atomic E-state index is -4.44. The second kappa shape index (κ2) is 4.52. The first-order valence-electron chi connectivity index (χ1n) is 6.11. The van der Waals surface area contributed by atoms with Gasteiger partial charge in [-0.3, -0.25) is 4.68 Å². The first-order valence-corrected chi connectivity index (χ1v) is 6.11. The van der Waals surface area contributed by atoms with E-state index in [0.717, 1.165) is 18.2 Å². The summed E-state index contributed by atoms with van der Waals surface area (Å²) in [7, 11) is 0. The number of aromatic nitrogens is 2. The van der Waals surface area contributed by atoms with Gasteiger partial charge in [0, 0.05) is 24.8 Å². The van der Waals surface area contributed by atoms with Gasteiger partial charge in [-0.15, -0.1) is 0 Å². The normalized spacial score (nSPS) is 16.1. The van der Waals surface area contributed by atoms with E-state index in [1.165, 1.54) is 6.20 Å². The number of halogens is 3. The third kappa shape index (κ3) is 2.14. The van der Waals surface area contributed by atoms with Crippen molar-refractivity contribution in [2.75, 3.05) is 13.1 Å². The molecule has 1 fully saturated rings. The fraction of sp³-hybridized carbons (Fsp3) is 0.308. The summed E-state index contributed by atoms with van der Waals surface area (Å²) in [4.78, 5) is 0. The molecule has 1 aliphatic rings. The molecular weight excluding hydrogens is 271 g/mol. The van der Waals surface area contributed by atoms with E-state index in [0.29, 0.717) is 18.8 Å². The van der Waals surface area contributed by atoms with Gasteiger partial charge in [0.1, 0.15) is 5.75 Å². The quantitative estimate of drug-likeness (QED) is 0.890. The lowest BCUT2D eigenvalue weighted by molar-refractivity contribution is -0.137. The SMILES string of the molecule is Oc1ccc(C(F)(F)F)cc1-c1ccnn1C1CNC1. The van der Waals surface area contributed by atoms with E-state index in [-0.39, 0.29) is 17.4 Å². The number of alkyl halides is 3. The van der Waals surface area contributed by atoms with E-state index >= 15 is 0 Å². The molecule has 4 nitrogen and oxygen atoms in total. The fourth-order valence-corrected chi connectivity index (χ4v) is 2.18. The third-order valence-electron chi connectivity index (χ3n) is 3.38. The summed E-state index contributed by atoms with van der Waals surface area (Å²) in [5.74, 6) is -0.188. The molecule has 106 valence electrons. The van der Waals surface area contributed by atoms with Crippen LogP contribution in [0.2, 0.25) is 0 Å². The van der Waals surface area contributed by atoms with Gasteiger partial charge in [-0.1, -0.05) is 0 Å². The van der Waals surface area contributed by atoms with Crippen LogP contribution in [0.4, 0.5) is 13.2 Å². The average molecular weight is 283 g/mol. The monoisotopic (exact) mass is 283 g/mol. The van der Waals surface area contributed by atoms with Crippen molar-refractivity contribution in [1.82, 2.24) is 15.1 Å². The van der Waals surface area contributed by atoms with Crippen LogP contribution in [0, 0.1) is 0 Å². The highest BCUT2D eigenvalue weighted by Crippen LogP contribution is 2.37. The minimum absolute atomic E-state index is 0.106. The Morgan fingerprint density at radius 2 is 2.00 bits per heavy atom. The van der Waals surface area contributed by atoms with E-state index in [4.69, 9.17) is 0 Å². The lowest BCUT2D eigenvalue weighted by Crippen LogP contribution is -2.44. The molecule has 0 amide bonds. The molecule has 20 heavy (non-hydrogen) atoms. The molecule has 7 heteroatoms. The summed E-state index contributed by atoms with van der Waals surface area (Å²) in [6, 6.07) is 4.59. The number of rotatable bonds is 2. The zero-order chi connectivity index (χ0) is 14.3. The molecule has 1 saturated heterocycles. The number of hydrogen-bond donors (Lipinski definition) is 2. The maximum Gasteiger partial charge on any atom is 0.416 e. The first kappa shape index (κ1) is 13.0. The summed E-state index contributed by atoms with van der Waals surface area (Å²) >= 11 is 0. The Morgan fingerprint density at radius 3 is 2.60 bits per heavy atom. The Labute approximate surface area is 112 Å². The highest BCUT2D eigenvalue weighted by atomic mass is 19.4. The molecule has 2 N–H and O–H groups in total. The van der Waals surface area contributed by atoms with E-state index < -0.39 is 11.7 Å². The highest BCUT2D eigenvalue weighted by Gasteiger charge is 2.32. The molecule has 1 aliphatic heterocycles. The predicted octanol–water partition coefficient (Wildman–Crippen LogP) is 2.42. The van der Waals surface area contributed by atoms with Crippen LogP contribution in [0.3, 0.4) is 0 Å². The van der Waals surface area contributed by atoms with Crippen LogP contribution in [-0.2, 0) is 6.18 Å². The minimum Gasteiger partial charge on any atom is -0.507 e. The van der Waals surface area contributed by atoms with Crippen LogP contribution in [-0.4, -0.2) is 28.0 Å². The van der Waals surface area contributed by atoms with E-state index in [2.05, 4.69) is 10.4 Å². The van der Waals surface area contributed by atoms with E-state index in [1.54, 1.807) is 10.7 Å². The topological polar surface area (TPSA) is 50.1 Å². The molecule has 3 rings (SSSR count). The molecule has 2 aromatic rings. The van der Waals surface area contributed by atoms with Gasteiger partial charge in [-0.25, -0.2) is 0 Å². The molecule has 0 radical (unpaired) electrons. The second-order valence-corrected chi connectivity index (χ2v) is 4.70. The Bertz CT molecular complexity index is 632. The van der Waals surface area contributed by atoms with Crippen molar-refractivity contribution in [3.63, 3.8) is 0 Å². The molecule has 0 unspecified atom stereocenters. The molecule has 0 atom stereocenters. The van der Waals surface area contributed by atoms with Crippen LogP contribution in [0.1, 0.15) is 11.6 Å². The highest BCUT2D eigenvalue weighted by molar-refractivity contribution is 5.68. The van der Waals surface area contributed by atoms with Crippen molar-refractivity contribution in [1.29, 1.82) is 0 Å². The molecule has 0 aliphatic carbocycles. The van der Waals surface area contributed by atoms with E-state index in [9.17, 15) is 18.3 Å². The van der Waals surface area contributed by atoms with Gasteiger partial charge in [-0.05, 0) is 24.3 Å².